The number of nitrogens with one attached hydrogen (secondary N) is 1. The molecule has 0 aliphatic carbocycles. The number of aromatic hydroxyl groups is 1. The molecule has 1 unspecified atom stereocenters. The van der Waals surface area contributed by atoms with Gasteiger partial charge in [-0.05, 0) is 36.2 Å². The highest BCUT2D eigenvalue weighted by Crippen LogP contribution is 2.31. The van der Waals surface area contributed by atoms with Crippen LogP contribution in [0.4, 0.5) is 5.69 Å². The molecule has 0 fully saturated rings. The largest absolute Gasteiger partial charge is 0.504 e. The molecular weight excluding hydrogens is 266 g/mol. The number of anilines is 1. The Hall–Kier alpha value is -2.36. The van der Waals surface area contributed by atoms with Gasteiger partial charge in [-0.15, -0.1) is 0 Å². The van der Waals surface area contributed by atoms with E-state index in [1.54, 1.807) is 19.2 Å². The molecule has 0 radical (unpaired) electrons. The maximum Gasteiger partial charge on any atom is 0.160 e. The van der Waals surface area contributed by atoms with E-state index in [1.165, 1.54) is 12.7 Å². The zero-order valence-corrected chi connectivity index (χ0v) is 12.6. The number of hydrogen-bond acceptors (Lipinski definition) is 4. The second kappa shape index (κ2) is 6.88. The van der Waals surface area contributed by atoms with E-state index >= 15 is 0 Å². The summed E-state index contributed by atoms with van der Waals surface area (Å²) < 4.78 is 10.2. The second-order valence-corrected chi connectivity index (χ2v) is 4.76. The van der Waals surface area contributed by atoms with Gasteiger partial charge in [0.2, 0.25) is 0 Å². The molecule has 0 aromatic heterocycles. The Morgan fingerprint density at radius 2 is 1.76 bits per heavy atom. The number of benzene rings is 2. The molecule has 21 heavy (non-hydrogen) atoms. The Morgan fingerprint density at radius 1 is 1.05 bits per heavy atom. The van der Waals surface area contributed by atoms with Crippen LogP contribution >= 0.6 is 0 Å². The molecule has 0 saturated carbocycles. The van der Waals surface area contributed by atoms with Gasteiger partial charge in [-0.1, -0.05) is 19.1 Å². The fourth-order valence-electron chi connectivity index (χ4n) is 2.24. The van der Waals surface area contributed by atoms with Crippen LogP contribution in [0.15, 0.2) is 42.5 Å². The summed E-state index contributed by atoms with van der Waals surface area (Å²) in [5, 5.41) is 13.3. The molecule has 2 aromatic carbocycles. The number of phenols is 1. The lowest BCUT2D eigenvalue weighted by Gasteiger charge is -2.19. The van der Waals surface area contributed by atoms with Crippen molar-refractivity contribution >= 4 is 5.69 Å². The lowest BCUT2D eigenvalue weighted by molar-refractivity contribution is 0.373. The molecule has 0 bridgehead atoms. The number of ether oxygens (including phenoxy) is 2. The summed E-state index contributed by atoms with van der Waals surface area (Å²) in [6, 6.07) is 13.5. The van der Waals surface area contributed by atoms with E-state index in [-0.39, 0.29) is 11.8 Å². The third kappa shape index (κ3) is 3.60. The van der Waals surface area contributed by atoms with E-state index in [0.717, 1.165) is 17.9 Å². The van der Waals surface area contributed by atoms with Crippen molar-refractivity contribution in [1.29, 1.82) is 0 Å². The second-order valence-electron chi connectivity index (χ2n) is 4.76. The van der Waals surface area contributed by atoms with Crippen molar-refractivity contribution in [2.75, 3.05) is 19.5 Å². The molecule has 2 aromatic rings. The Balaban J connectivity index is 2.16. The van der Waals surface area contributed by atoms with Gasteiger partial charge in [-0.3, -0.25) is 0 Å². The van der Waals surface area contributed by atoms with E-state index in [9.17, 15) is 5.11 Å². The highest BCUT2D eigenvalue weighted by atomic mass is 16.5. The van der Waals surface area contributed by atoms with E-state index in [4.69, 9.17) is 9.47 Å². The first kappa shape index (κ1) is 15.0. The van der Waals surface area contributed by atoms with Crippen LogP contribution in [0.2, 0.25) is 0 Å². The number of methoxy groups -OCH3 is 2. The molecule has 0 amide bonds. The van der Waals surface area contributed by atoms with Gasteiger partial charge >= 0.3 is 0 Å². The van der Waals surface area contributed by atoms with Crippen molar-refractivity contribution in [3.8, 4) is 17.2 Å². The maximum absolute atomic E-state index is 9.83. The number of hydrogen-bond donors (Lipinski definition) is 2. The zero-order chi connectivity index (χ0) is 15.2. The van der Waals surface area contributed by atoms with Gasteiger partial charge in [0, 0.05) is 11.8 Å². The minimum absolute atomic E-state index is 0.132. The van der Waals surface area contributed by atoms with Crippen molar-refractivity contribution in [2.45, 2.75) is 19.4 Å². The summed E-state index contributed by atoms with van der Waals surface area (Å²) >= 11 is 0. The summed E-state index contributed by atoms with van der Waals surface area (Å²) in [5.41, 5.74) is 2.03. The fraction of sp³-hybridized carbons (Fsp3) is 0.294. The van der Waals surface area contributed by atoms with Crippen molar-refractivity contribution in [2.24, 2.45) is 0 Å². The first-order valence-electron chi connectivity index (χ1n) is 6.95. The zero-order valence-electron chi connectivity index (χ0n) is 12.6. The summed E-state index contributed by atoms with van der Waals surface area (Å²) in [4.78, 5) is 0. The lowest BCUT2D eigenvalue weighted by Crippen LogP contribution is -2.09. The monoisotopic (exact) mass is 287 g/mol. The number of rotatable bonds is 6. The van der Waals surface area contributed by atoms with Crippen LogP contribution in [-0.4, -0.2) is 19.3 Å². The Morgan fingerprint density at radius 3 is 2.29 bits per heavy atom. The van der Waals surface area contributed by atoms with Gasteiger partial charge in [0.1, 0.15) is 5.75 Å². The maximum atomic E-state index is 9.83. The molecule has 2 rings (SSSR count). The lowest BCUT2D eigenvalue weighted by atomic mass is 10.0. The predicted octanol–water partition coefficient (Wildman–Crippen LogP) is 3.97. The van der Waals surface area contributed by atoms with Gasteiger partial charge < -0.3 is 19.9 Å². The molecular formula is C17H21NO3. The normalized spacial score (nSPS) is 11.8. The molecule has 0 aliphatic heterocycles. The van der Waals surface area contributed by atoms with Gasteiger partial charge in [0.05, 0.1) is 20.3 Å². The van der Waals surface area contributed by atoms with Gasteiger partial charge in [-0.25, -0.2) is 0 Å². The molecule has 0 heterocycles. The minimum Gasteiger partial charge on any atom is -0.504 e. The molecule has 0 spiro atoms. The molecule has 112 valence electrons. The topological polar surface area (TPSA) is 50.7 Å². The molecule has 0 aliphatic rings. The van der Waals surface area contributed by atoms with Crippen LogP contribution in [-0.2, 0) is 0 Å². The standard InChI is InChI=1S/C17H21NO3/c1-4-15(12-5-8-14(20-2)9-6-12)18-13-7-10-17(21-3)16(19)11-13/h5-11,15,18-19H,4H2,1-3H3. The summed E-state index contributed by atoms with van der Waals surface area (Å²) in [6.45, 7) is 2.12. The quantitative estimate of drug-likeness (QED) is 0.844. The van der Waals surface area contributed by atoms with E-state index < -0.39 is 0 Å². The Kier molecular flexibility index (Phi) is 4.93. The van der Waals surface area contributed by atoms with Gasteiger partial charge in [0.15, 0.2) is 11.5 Å². The van der Waals surface area contributed by atoms with Crippen molar-refractivity contribution in [3.63, 3.8) is 0 Å². The van der Waals surface area contributed by atoms with Crippen LogP contribution in [0, 0.1) is 0 Å². The summed E-state index contributed by atoms with van der Waals surface area (Å²) in [5.74, 6) is 1.45. The minimum atomic E-state index is 0.132. The predicted molar refractivity (Wildman–Crippen MR) is 84.3 cm³/mol. The highest BCUT2D eigenvalue weighted by Gasteiger charge is 2.10. The smallest absolute Gasteiger partial charge is 0.160 e. The van der Waals surface area contributed by atoms with Gasteiger partial charge in [0.25, 0.3) is 0 Å². The average Bonchev–Trinajstić information content (AvgIpc) is 2.53. The fourth-order valence-corrected chi connectivity index (χ4v) is 2.24. The SMILES string of the molecule is CCC(Nc1ccc(OC)c(O)c1)c1ccc(OC)cc1. The van der Waals surface area contributed by atoms with E-state index in [1.807, 2.05) is 30.3 Å². The Labute approximate surface area is 125 Å². The molecule has 0 saturated heterocycles. The van der Waals surface area contributed by atoms with Gasteiger partial charge in [-0.2, -0.15) is 0 Å². The molecule has 4 nitrogen and oxygen atoms in total. The third-order valence-electron chi connectivity index (χ3n) is 3.45. The molecule has 2 N–H and O–H groups in total. The first-order chi connectivity index (χ1) is 10.2. The van der Waals surface area contributed by atoms with Crippen LogP contribution < -0.4 is 14.8 Å². The van der Waals surface area contributed by atoms with E-state index in [2.05, 4.69) is 12.2 Å². The van der Waals surface area contributed by atoms with E-state index in [0.29, 0.717) is 5.75 Å². The van der Waals surface area contributed by atoms with Crippen molar-refractivity contribution < 1.29 is 14.6 Å². The molecule has 1 atom stereocenters. The molecule has 4 heteroatoms. The summed E-state index contributed by atoms with van der Waals surface area (Å²) in [6.07, 6.45) is 0.930. The Bertz CT molecular complexity index is 581. The number of phenolic OH excluding ortho intramolecular Hbond substituents is 1. The summed E-state index contributed by atoms with van der Waals surface area (Å²) in [7, 11) is 3.19. The third-order valence-corrected chi connectivity index (χ3v) is 3.45. The van der Waals surface area contributed by atoms with Crippen LogP contribution in [0.25, 0.3) is 0 Å². The van der Waals surface area contributed by atoms with Crippen LogP contribution in [0.5, 0.6) is 17.2 Å². The van der Waals surface area contributed by atoms with Crippen LogP contribution in [0.1, 0.15) is 24.9 Å². The first-order valence-corrected chi connectivity index (χ1v) is 6.95. The van der Waals surface area contributed by atoms with Crippen molar-refractivity contribution in [1.82, 2.24) is 0 Å². The average molecular weight is 287 g/mol. The van der Waals surface area contributed by atoms with Crippen molar-refractivity contribution in [3.05, 3.63) is 48.0 Å². The highest BCUT2D eigenvalue weighted by molar-refractivity contribution is 5.55. The van der Waals surface area contributed by atoms with Crippen LogP contribution in [0.3, 0.4) is 0 Å².